The van der Waals surface area contributed by atoms with Gasteiger partial charge in [-0.3, -0.25) is 4.79 Å². The zero-order valence-corrected chi connectivity index (χ0v) is 19.7. The number of benzene rings is 3. The molecule has 1 heterocycles. The summed E-state index contributed by atoms with van der Waals surface area (Å²) in [7, 11) is 0. The molecule has 0 amide bonds. The molecule has 0 unspecified atom stereocenters. The van der Waals surface area contributed by atoms with Gasteiger partial charge in [-0.05, 0) is 47.2 Å². The molecule has 0 bridgehead atoms. The Morgan fingerprint density at radius 3 is 2.15 bits per heavy atom. The van der Waals surface area contributed by atoms with Crippen molar-refractivity contribution in [3.8, 4) is 6.07 Å². The molecular weight excluding hydrogens is 418 g/mol. The lowest BCUT2D eigenvalue weighted by Gasteiger charge is -2.36. The number of carbonyl (C=O) groups is 1. The summed E-state index contributed by atoms with van der Waals surface area (Å²) in [6.07, 6.45) is 6.78. The van der Waals surface area contributed by atoms with E-state index in [9.17, 15) is 10.1 Å². The number of unbranched alkanes of at least 4 members (excludes halogenated alkanes) is 1. The smallest absolute Gasteiger partial charge is 0.163 e. The Bertz CT molecular complexity index is 1250. The number of ketones is 1. The average molecular weight is 448 g/mol. The number of Topliss-reactive ketones (excluding diaryl/α,β-unsaturated/α-hetero) is 1. The topological polar surface area (TPSA) is 69.5 Å². The number of nitriles is 1. The highest BCUT2D eigenvalue weighted by Gasteiger charge is 2.42. The van der Waals surface area contributed by atoms with Crippen LogP contribution >= 0.6 is 0 Å². The van der Waals surface area contributed by atoms with Crippen LogP contribution in [0, 0.1) is 11.3 Å². The molecule has 0 spiro atoms. The zero-order valence-electron chi connectivity index (χ0n) is 19.7. The van der Waals surface area contributed by atoms with Gasteiger partial charge in [0.1, 0.15) is 11.2 Å². The molecule has 0 saturated carbocycles. The highest BCUT2D eigenvalue weighted by Crippen LogP contribution is 2.46. The van der Waals surface area contributed by atoms with E-state index in [1.54, 1.807) is 6.20 Å². The van der Waals surface area contributed by atoms with E-state index in [2.05, 4.69) is 42.2 Å². The van der Waals surface area contributed by atoms with E-state index < -0.39 is 5.41 Å². The van der Waals surface area contributed by atoms with Crippen LogP contribution in [0.1, 0.15) is 77.1 Å². The Morgan fingerprint density at radius 2 is 1.65 bits per heavy atom. The highest BCUT2D eigenvalue weighted by molar-refractivity contribution is 5.98. The van der Waals surface area contributed by atoms with Crippen molar-refractivity contribution in [1.29, 1.82) is 5.26 Å². The molecule has 4 nitrogen and oxygen atoms in total. The van der Waals surface area contributed by atoms with Gasteiger partial charge in [0.15, 0.2) is 5.78 Å². The van der Waals surface area contributed by atoms with Crippen LogP contribution in [-0.4, -0.2) is 15.8 Å². The number of H-pyrrole nitrogens is 1. The van der Waals surface area contributed by atoms with E-state index in [1.165, 1.54) is 0 Å². The molecule has 0 atom stereocenters. The van der Waals surface area contributed by atoms with Crippen LogP contribution in [0.4, 0.5) is 0 Å². The molecule has 34 heavy (non-hydrogen) atoms. The van der Waals surface area contributed by atoms with Crippen LogP contribution in [0.25, 0.3) is 0 Å². The molecule has 170 valence electrons. The maximum Gasteiger partial charge on any atom is 0.163 e. The highest BCUT2D eigenvalue weighted by atomic mass is 16.1. The van der Waals surface area contributed by atoms with Crippen LogP contribution in [0.15, 0.2) is 85.2 Å². The van der Waals surface area contributed by atoms with Crippen LogP contribution in [0.5, 0.6) is 0 Å². The molecule has 0 fully saturated rings. The van der Waals surface area contributed by atoms with Crippen molar-refractivity contribution in [3.05, 3.63) is 124 Å². The second-order valence-electron chi connectivity index (χ2n) is 8.47. The van der Waals surface area contributed by atoms with Gasteiger partial charge in [0, 0.05) is 24.4 Å². The van der Waals surface area contributed by atoms with Gasteiger partial charge < -0.3 is 4.98 Å². The Morgan fingerprint density at radius 1 is 1.00 bits per heavy atom. The molecule has 0 radical (unpaired) electrons. The van der Waals surface area contributed by atoms with Crippen molar-refractivity contribution < 1.29 is 4.79 Å². The fraction of sp³-hybridized carbons (Fsp3) is 0.233. The summed E-state index contributed by atoms with van der Waals surface area (Å²) < 4.78 is 0. The number of carbonyl (C=O) groups excluding carboxylic acids is 1. The molecule has 1 N–H and O–H groups in total. The van der Waals surface area contributed by atoms with Crippen LogP contribution in [-0.2, 0) is 11.8 Å². The molecular formula is C30H29N3O. The molecule has 3 aromatic carbocycles. The van der Waals surface area contributed by atoms with E-state index >= 15 is 0 Å². The van der Waals surface area contributed by atoms with E-state index in [0.717, 1.165) is 47.3 Å². The number of rotatable bonds is 9. The van der Waals surface area contributed by atoms with Crippen molar-refractivity contribution in [2.24, 2.45) is 0 Å². The monoisotopic (exact) mass is 447 g/mol. The molecule has 1 aromatic heterocycles. The quantitative estimate of drug-likeness (QED) is 0.232. The first-order valence-electron chi connectivity index (χ1n) is 11.9. The van der Waals surface area contributed by atoms with Crippen molar-refractivity contribution in [1.82, 2.24) is 9.97 Å². The fourth-order valence-electron chi connectivity index (χ4n) is 4.81. The Hall–Kier alpha value is -3.97. The minimum atomic E-state index is -0.769. The first kappa shape index (κ1) is 23.2. The molecule has 0 saturated heterocycles. The van der Waals surface area contributed by atoms with E-state index in [4.69, 9.17) is 4.98 Å². The number of hydrogen-bond acceptors (Lipinski definition) is 3. The number of aromatic nitrogens is 2. The summed E-state index contributed by atoms with van der Waals surface area (Å²) in [5, 5.41) is 10.1. The molecule has 4 heteroatoms. The largest absolute Gasteiger partial charge is 0.347 e. The van der Waals surface area contributed by atoms with Crippen molar-refractivity contribution in [2.45, 2.75) is 44.9 Å². The molecule has 0 aliphatic carbocycles. The maximum absolute atomic E-state index is 12.8. The number of imidazole rings is 1. The predicted molar refractivity (Wildman–Crippen MR) is 135 cm³/mol. The molecule has 0 aliphatic rings. The van der Waals surface area contributed by atoms with E-state index in [-0.39, 0.29) is 5.78 Å². The predicted octanol–water partition coefficient (Wildman–Crippen LogP) is 6.60. The lowest BCUT2D eigenvalue weighted by atomic mass is 9.66. The lowest BCUT2D eigenvalue weighted by Crippen LogP contribution is -2.34. The second kappa shape index (κ2) is 10.3. The van der Waals surface area contributed by atoms with Gasteiger partial charge in [0.05, 0.1) is 11.6 Å². The van der Waals surface area contributed by atoms with Gasteiger partial charge in [-0.2, -0.15) is 5.26 Å². The van der Waals surface area contributed by atoms with Gasteiger partial charge in [-0.1, -0.05) is 80.9 Å². The van der Waals surface area contributed by atoms with E-state index in [1.807, 2.05) is 61.7 Å². The third-order valence-corrected chi connectivity index (χ3v) is 6.46. The summed E-state index contributed by atoms with van der Waals surface area (Å²) in [5.41, 5.74) is 4.30. The SMILES string of the molecule is CCCCc1cc(C(=O)CC)c(C#N)cc1C(c1ccccc1)(c1ccccc1)c1ncc[nH]1. The summed E-state index contributed by atoms with van der Waals surface area (Å²) in [4.78, 5) is 20.9. The van der Waals surface area contributed by atoms with Gasteiger partial charge in [0.2, 0.25) is 0 Å². The molecule has 4 rings (SSSR count). The number of aromatic amines is 1. The fourth-order valence-corrected chi connectivity index (χ4v) is 4.81. The molecule has 4 aromatic rings. The summed E-state index contributed by atoms with van der Waals surface area (Å²) in [6.45, 7) is 4.00. The lowest BCUT2D eigenvalue weighted by molar-refractivity contribution is 0.0988. The van der Waals surface area contributed by atoms with Gasteiger partial charge in [-0.25, -0.2) is 4.98 Å². The van der Waals surface area contributed by atoms with Crippen LogP contribution in [0.2, 0.25) is 0 Å². The van der Waals surface area contributed by atoms with Gasteiger partial charge in [0.25, 0.3) is 0 Å². The second-order valence-corrected chi connectivity index (χ2v) is 8.47. The van der Waals surface area contributed by atoms with Gasteiger partial charge >= 0.3 is 0 Å². The maximum atomic E-state index is 12.8. The first-order valence-corrected chi connectivity index (χ1v) is 11.9. The average Bonchev–Trinajstić information content (AvgIpc) is 3.44. The molecule has 0 aliphatic heterocycles. The van der Waals surface area contributed by atoms with Crippen molar-refractivity contribution in [3.63, 3.8) is 0 Å². The zero-order chi connectivity index (χ0) is 24.0. The Labute approximate surface area is 201 Å². The standard InChI is InChI=1S/C30H29N3O/c1-3-5-12-22-19-26(28(34)4-2)23(21-31)20-27(22)30(29-32-17-18-33-29,24-13-8-6-9-14-24)25-15-10-7-11-16-25/h6-11,13-20H,3-5,12H2,1-2H3,(H,32,33). The number of nitrogens with zero attached hydrogens (tertiary/aromatic N) is 2. The normalized spacial score (nSPS) is 11.2. The minimum Gasteiger partial charge on any atom is -0.347 e. The number of hydrogen-bond donors (Lipinski definition) is 1. The van der Waals surface area contributed by atoms with Crippen LogP contribution in [0.3, 0.4) is 0 Å². The van der Waals surface area contributed by atoms with Crippen LogP contribution < -0.4 is 0 Å². The number of nitrogens with one attached hydrogen (secondary N) is 1. The Kier molecular flexibility index (Phi) is 7.04. The third kappa shape index (κ3) is 4.06. The number of aryl methyl sites for hydroxylation is 1. The Balaban J connectivity index is 2.16. The third-order valence-electron chi connectivity index (χ3n) is 6.46. The summed E-state index contributed by atoms with van der Waals surface area (Å²) in [5.74, 6) is 0.768. The summed E-state index contributed by atoms with van der Waals surface area (Å²) in [6, 6.07) is 26.7. The van der Waals surface area contributed by atoms with Crippen molar-refractivity contribution in [2.75, 3.05) is 0 Å². The summed E-state index contributed by atoms with van der Waals surface area (Å²) >= 11 is 0. The van der Waals surface area contributed by atoms with Gasteiger partial charge in [-0.15, -0.1) is 0 Å². The minimum absolute atomic E-state index is 0.0103. The first-order chi connectivity index (χ1) is 16.7. The van der Waals surface area contributed by atoms with Crippen molar-refractivity contribution >= 4 is 5.78 Å². The van der Waals surface area contributed by atoms with E-state index in [0.29, 0.717) is 17.5 Å².